The van der Waals surface area contributed by atoms with Gasteiger partial charge in [-0.3, -0.25) is 4.79 Å². The van der Waals surface area contributed by atoms with Gasteiger partial charge in [-0.2, -0.15) is 0 Å². The Labute approximate surface area is 130 Å². The second-order valence-corrected chi connectivity index (χ2v) is 6.66. The number of carbonyl (C=O) groups excluding carboxylic acids is 1. The second kappa shape index (κ2) is 6.30. The monoisotopic (exact) mass is 303 g/mol. The van der Waals surface area contributed by atoms with E-state index in [4.69, 9.17) is 0 Å². The second-order valence-electron chi connectivity index (χ2n) is 6.66. The van der Waals surface area contributed by atoms with Crippen molar-refractivity contribution in [1.29, 1.82) is 0 Å². The molecule has 1 heterocycles. The van der Waals surface area contributed by atoms with Gasteiger partial charge < -0.3 is 9.88 Å². The number of benzene rings is 1. The lowest BCUT2D eigenvalue weighted by Gasteiger charge is -2.23. The minimum atomic E-state index is -0.601. The highest BCUT2D eigenvalue weighted by atomic mass is 19.1. The number of aryl methyl sites for hydroxylation is 1. The average Bonchev–Trinajstić information content (AvgIpc) is 2.81. The van der Waals surface area contributed by atoms with Crippen molar-refractivity contribution in [3.63, 3.8) is 0 Å². The van der Waals surface area contributed by atoms with Crippen molar-refractivity contribution in [2.24, 2.45) is 12.5 Å². The van der Waals surface area contributed by atoms with Crippen LogP contribution in [0.15, 0.2) is 36.7 Å². The highest BCUT2D eigenvalue weighted by molar-refractivity contribution is 5.77. The third-order valence-electron chi connectivity index (χ3n) is 3.33. The summed E-state index contributed by atoms with van der Waals surface area (Å²) in [5.41, 5.74) is 0.282. The summed E-state index contributed by atoms with van der Waals surface area (Å²) >= 11 is 0. The zero-order valence-electron chi connectivity index (χ0n) is 13.4. The highest BCUT2D eigenvalue weighted by Gasteiger charge is 2.25. The number of nitrogens with zero attached hydrogens (tertiary/aromatic N) is 2. The molecule has 118 valence electrons. The summed E-state index contributed by atoms with van der Waals surface area (Å²) in [7, 11) is 1.83. The zero-order valence-corrected chi connectivity index (χ0v) is 13.4. The lowest BCUT2D eigenvalue weighted by atomic mass is 9.91. The van der Waals surface area contributed by atoms with E-state index in [1.165, 1.54) is 6.07 Å². The van der Waals surface area contributed by atoms with Crippen LogP contribution < -0.4 is 5.32 Å². The minimum absolute atomic E-state index is 0.122. The predicted molar refractivity (Wildman–Crippen MR) is 83.7 cm³/mol. The first kappa shape index (κ1) is 16.2. The summed E-state index contributed by atoms with van der Waals surface area (Å²) < 4.78 is 15.9. The molecule has 0 bridgehead atoms. The largest absolute Gasteiger partial charge is 0.342 e. The van der Waals surface area contributed by atoms with Crippen LogP contribution in [-0.2, 0) is 11.8 Å². The van der Waals surface area contributed by atoms with E-state index in [2.05, 4.69) is 10.3 Å². The molecule has 1 amide bonds. The van der Waals surface area contributed by atoms with Crippen molar-refractivity contribution in [3.05, 3.63) is 53.9 Å². The first-order chi connectivity index (χ1) is 10.3. The van der Waals surface area contributed by atoms with Crippen LogP contribution in [0, 0.1) is 11.2 Å². The van der Waals surface area contributed by atoms with Crippen molar-refractivity contribution in [3.8, 4) is 0 Å². The van der Waals surface area contributed by atoms with Crippen LogP contribution in [0.5, 0.6) is 0 Å². The summed E-state index contributed by atoms with van der Waals surface area (Å²) in [4.78, 5) is 16.6. The maximum atomic E-state index is 14.2. The molecule has 1 atom stereocenters. The van der Waals surface area contributed by atoms with Gasteiger partial charge in [0.1, 0.15) is 17.7 Å². The third-order valence-corrected chi connectivity index (χ3v) is 3.33. The Morgan fingerprint density at radius 1 is 1.36 bits per heavy atom. The van der Waals surface area contributed by atoms with E-state index in [9.17, 15) is 9.18 Å². The number of aromatic nitrogens is 2. The van der Waals surface area contributed by atoms with Crippen LogP contribution in [-0.4, -0.2) is 15.5 Å². The lowest BCUT2D eigenvalue weighted by Crippen LogP contribution is -2.33. The van der Waals surface area contributed by atoms with Gasteiger partial charge in [0.25, 0.3) is 0 Å². The van der Waals surface area contributed by atoms with E-state index < -0.39 is 6.04 Å². The Kier molecular flexibility index (Phi) is 4.64. The summed E-state index contributed by atoms with van der Waals surface area (Å²) in [6, 6.07) is 5.85. The number of nitrogens with one attached hydrogen (secondary N) is 1. The number of halogens is 1. The van der Waals surface area contributed by atoms with E-state index in [1.54, 1.807) is 35.2 Å². The number of imidazole rings is 1. The van der Waals surface area contributed by atoms with Gasteiger partial charge in [-0.15, -0.1) is 0 Å². The van der Waals surface area contributed by atoms with Crippen LogP contribution in [0.25, 0.3) is 0 Å². The molecule has 0 aliphatic carbocycles. The van der Waals surface area contributed by atoms with Gasteiger partial charge in [-0.05, 0) is 11.5 Å². The predicted octanol–water partition coefficient (Wildman–Crippen LogP) is 3.20. The summed E-state index contributed by atoms with van der Waals surface area (Å²) in [5.74, 6) is 0.127. The molecule has 1 aromatic carbocycles. The molecular weight excluding hydrogens is 281 g/mol. The van der Waals surface area contributed by atoms with Crippen LogP contribution in [0.2, 0.25) is 0 Å². The Balaban J connectivity index is 2.34. The fourth-order valence-corrected chi connectivity index (χ4v) is 2.34. The van der Waals surface area contributed by atoms with Crippen LogP contribution in [0.1, 0.15) is 44.6 Å². The quantitative estimate of drug-likeness (QED) is 0.943. The van der Waals surface area contributed by atoms with Crippen LogP contribution in [0.3, 0.4) is 0 Å². The topological polar surface area (TPSA) is 46.9 Å². The number of hydrogen-bond acceptors (Lipinski definition) is 2. The third kappa shape index (κ3) is 3.93. The molecule has 2 aromatic rings. The molecule has 0 fully saturated rings. The molecule has 1 N–H and O–H groups in total. The molecular formula is C17H22FN3O. The van der Waals surface area contributed by atoms with Gasteiger partial charge in [0, 0.05) is 31.4 Å². The van der Waals surface area contributed by atoms with Gasteiger partial charge in [-0.1, -0.05) is 39.0 Å². The molecule has 0 saturated heterocycles. The number of rotatable bonds is 4. The molecule has 22 heavy (non-hydrogen) atoms. The number of amides is 1. The SMILES string of the molecule is Cn1ccnc1[C@@H](NC(=O)CC(C)(C)C)c1ccccc1F. The van der Waals surface area contributed by atoms with Gasteiger partial charge in [0.2, 0.25) is 5.91 Å². The maximum Gasteiger partial charge on any atom is 0.221 e. The normalized spacial score (nSPS) is 13.0. The zero-order chi connectivity index (χ0) is 16.3. The number of hydrogen-bond donors (Lipinski definition) is 1. The first-order valence-corrected chi connectivity index (χ1v) is 7.29. The molecule has 0 aliphatic rings. The molecule has 2 rings (SSSR count). The Morgan fingerprint density at radius 3 is 2.59 bits per heavy atom. The van der Waals surface area contributed by atoms with Crippen LogP contribution >= 0.6 is 0 Å². The van der Waals surface area contributed by atoms with Gasteiger partial charge in [0.15, 0.2) is 0 Å². The van der Waals surface area contributed by atoms with Crippen molar-refractivity contribution in [2.45, 2.75) is 33.2 Å². The number of carbonyl (C=O) groups is 1. The Hall–Kier alpha value is -2.17. The fourth-order valence-electron chi connectivity index (χ4n) is 2.34. The highest BCUT2D eigenvalue weighted by Crippen LogP contribution is 2.25. The Bertz CT molecular complexity index is 658. The smallest absolute Gasteiger partial charge is 0.221 e. The van der Waals surface area contributed by atoms with Crippen molar-refractivity contribution < 1.29 is 9.18 Å². The van der Waals surface area contributed by atoms with Gasteiger partial charge >= 0.3 is 0 Å². The van der Waals surface area contributed by atoms with Crippen LogP contribution in [0.4, 0.5) is 4.39 Å². The summed E-state index contributed by atoms with van der Waals surface area (Å²) in [6.07, 6.45) is 3.78. The molecule has 4 nitrogen and oxygen atoms in total. The van der Waals surface area contributed by atoms with Crippen molar-refractivity contribution >= 4 is 5.91 Å². The standard InChI is InChI=1S/C17H22FN3O/c1-17(2,3)11-14(22)20-15(16-19-9-10-21(16)4)12-7-5-6-8-13(12)18/h5-10,15H,11H2,1-4H3,(H,20,22)/t15-/m0/s1. The van der Waals surface area contributed by atoms with Gasteiger partial charge in [-0.25, -0.2) is 9.37 Å². The van der Waals surface area contributed by atoms with E-state index in [-0.39, 0.29) is 17.1 Å². The van der Waals surface area contributed by atoms with E-state index in [1.807, 2.05) is 27.8 Å². The molecule has 0 spiro atoms. The van der Waals surface area contributed by atoms with Crippen molar-refractivity contribution in [1.82, 2.24) is 14.9 Å². The summed E-state index contributed by atoms with van der Waals surface area (Å²) in [6.45, 7) is 5.97. The molecule has 5 heteroatoms. The maximum absolute atomic E-state index is 14.2. The lowest BCUT2D eigenvalue weighted by molar-refractivity contribution is -0.123. The van der Waals surface area contributed by atoms with E-state index in [0.717, 1.165) is 0 Å². The molecule has 1 aromatic heterocycles. The Morgan fingerprint density at radius 2 is 2.05 bits per heavy atom. The molecule has 0 unspecified atom stereocenters. The first-order valence-electron chi connectivity index (χ1n) is 7.29. The van der Waals surface area contributed by atoms with E-state index >= 15 is 0 Å². The fraction of sp³-hybridized carbons (Fsp3) is 0.412. The molecule has 0 saturated carbocycles. The van der Waals surface area contributed by atoms with E-state index in [0.29, 0.717) is 17.8 Å². The van der Waals surface area contributed by atoms with Gasteiger partial charge in [0.05, 0.1) is 0 Å². The summed E-state index contributed by atoms with van der Waals surface area (Å²) in [5, 5.41) is 2.91. The molecule has 0 radical (unpaired) electrons. The molecule has 0 aliphatic heterocycles. The average molecular weight is 303 g/mol. The minimum Gasteiger partial charge on any atom is -0.342 e. The van der Waals surface area contributed by atoms with Crippen molar-refractivity contribution in [2.75, 3.05) is 0 Å².